The smallest absolute Gasteiger partial charge is 0.284 e. The van der Waals surface area contributed by atoms with Crippen molar-refractivity contribution in [3.63, 3.8) is 0 Å². The minimum atomic E-state index is -0.502. The van der Waals surface area contributed by atoms with Crippen molar-refractivity contribution in [2.45, 2.75) is 6.61 Å². The van der Waals surface area contributed by atoms with Crippen LogP contribution in [-0.4, -0.2) is 33.1 Å². The van der Waals surface area contributed by atoms with Crippen LogP contribution in [0.4, 0.5) is 5.69 Å². The lowest BCUT2D eigenvalue weighted by Crippen LogP contribution is -2.04. The van der Waals surface area contributed by atoms with E-state index in [9.17, 15) is 10.1 Å². The second-order valence-corrected chi connectivity index (χ2v) is 7.94. The number of nitro groups is 1. The van der Waals surface area contributed by atoms with E-state index in [1.54, 1.807) is 42.5 Å². The topological polar surface area (TPSA) is 121 Å². The molecule has 0 atom stereocenters. The van der Waals surface area contributed by atoms with E-state index in [-0.39, 0.29) is 17.1 Å². The molecule has 1 N–H and O–H groups in total. The highest BCUT2D eigenvalue weighted by molar-refractivity contribution is 7.71. The van der Waals surface area contributed by atoms with E-state index >= 15 is 0 Å². The number of nitro benzene ring substituents is 1. The second-order valence-electron chi connectivity index (χ2n) is 6.71. The van der Waals surface area contributed by atoms with E-state index < -0.39 is 4.92 Å². The van der Waals surface area contributed by atoms with E-state index in [4.69, 9.17) is 49.3 Å². The molecule has 0 spiro atoms. The summed E-state index contributed by atoms with van der Waals surface area (Å²) in [6, 6.07) is 12.6. The van der Waals surface area contributed by atoms with Gasteiger partial charge in [0.05, 0.1) is 34.9 Å². The average Bonchev–Trinajstić information content (AvgIpc) is 3.43. The first-order valence-corrected chi connectivity index (χ1v) is 10.7. The van der Waals surface area contributed by atoms with Gasteiger partial charge in [-0.3, -0.25) is 10.1 Å². The lowest BCUT2D eigenvalue weighted by atomic mass is 10.1. The Morgan fingerprint density at radius 3 is 2.82 bits per heavy atom. The molecule has 13 heteroatoms. The van der Waals surface area contributed by atoms with E-state index in [0.717, 1.165) is 0 Å². The number of rotatable bonds is 8. The fraction of sp³-hybridized carbons (Fsp3) is 0.0952. The molecule has 2 aromatic heterocycles. The van der Waals surface area contributed by atoms with Crippen LogP contribution in [0.1, 0.15) is 11.6 Å². The molecule has 174 valence electrons. The predicted octanol–water partition coefficient (Wildman–Crippen LogP) is 5.89. The highest BCUT2D eigenvalue weighted by Gasteiger charge is 2.19. The molecule has 0 unspecified atom stereocenters. The standard InChI is InChI=1S/C21H15Cl2N5O5S/c1-31-13-3-5-15(17(9-13)28(29)30)18-7-4-14(33-18)10-24-27-20(25-26-21(27)34)11-32-19-6-2-12(22)8-16(19)23/h2-10H,11H2,1H3,(H,26,34)/b24-10+. The monoisotopic (exact) mass is 519 g/mol. The average molecular weight is 520 g/mol. The molecule has 0 aliphatic heterocycles. The largest absolute Gasteiger partial charge is 0.497 e. The number of nitrogens with one attached hydrogen (secondary N) is 1. The number of aromatic amines is 1. The summed E-state index contributed by atoms with van der Waals surface area (Å²) >= 11 is 17.3. The number of methoxy groups -OCH3 is 1. The quantitative estimate of drug-likeness (QED) is 0.133. The molecule has 0 bridgehead atoms. The van der Waals surface area contributed by atoms with Crippen LogP contribution in [-0.2, 0) is 6.61 Å². The second kappa shape index (κ2) is 10.1. The van der Waals surface area contributed by atoms with Crippen LogP contribution in [0, 0.1) is 14.9 Å². The summed E-state index contributed by atoms with van der Waals surface area (Å²) in [6.45, 7) is 0.0211. The van der Waals surface area contributed by atoms with Crippen molar-refractivity contribution >= 4 is 47.3 Å². The number of nitrogens with zero attached hydrogens (tertiary/aromatic N) is 4. The number of benzene rings is 2. The van der Waals surface area contributed by atoms with Crippen LogP contribution < -0.4 is 9.47 Å². The van der Waals surface area contributed by atoms with Gasteiger partial charge < -0.3 is 13.9 Å². The molecule has 0 saturated carbocycles. The molecule has 0 aliphatic rings. The summed E-state index contributed by atoms with van der Waals surface area (Å²) < 4.78 is 18.1. The van der Waals surface area contributed by atoms with Gasteiger partial charge in [-0.25, -0.2) is 5.10 Å². The third kappa shape index (κ3) is 5.11. The summed E-state index contributed by atoms with van der Waals surface area (Å²) in [6.07, 6.45) is 1.41. The van der Waals surface area contributed by atoms with E-state index in [0.29, 0.717) is 44.5 Å². The van der Waals surface area contributed by atoms with Crippen molar-refractivity contribution < 1.29 is 18.8 Å². The van der Waals surface area contributed by atoms with Crippen molar-refractivity contribution in [2.24, 2.45) is 5.10 Å². The van der Waals surface area contributed by atoms with E-state index in [1.807, 2.05) is 0 Å². The number of furan rings is 1. The molecule has 34 heavy (non-hydrogen) atoms. The van der Waals surface area contributed by atoms with Crippen LogP contribution in [0.3, 0.4) is 0 Å². The minimum Gasteiger partial charge on any atom is -0.497 e. The fourth-order valence-electron chi connectivity index (χ4n) is 2.95. The highest BCUT2D eigenvalue weighted by atomic mass is 35.5. The maximum Gasteiger partial charge on any atom is 0.284 e. The molecular formula is C21H15Cl2N5O5S. The van der Waals surface area contributed by atoms with Crippen LogP contribution in [0.25, 0.3) is 11.3 Å². The number of halogens is 2. The zero-order valence-electron chi connectivity index (χ0n) is 17.4. The maximum absolute atomic E-state index is 11.5. The van der Waals surface area contributed by atoms with Gasteiger partial charge in [0.1, 0.15) is 29.6 Å². The van der Waals surface area contributed by atoms with Gasteiger partial charge in [0.15, 0.2) is 5.82 Å². The Labute approximate surface area is 207 Å². The SMILES string of the molecule is COc1ccc(-c2ccc(/C=N/n3c(COc4ccc(Cl)cc4Cl)n[nH]c3=S)o2)c([N+](=O)[O-])c1. The number of hydrogen-bond acceptors (Lipinski definition) is 8. The van der Waals surface area contributed by atoms with E-state index in [2.05, 4.69) is 15.3 Å². The third-order valence-corrected chi connectivity index (χ3v) is 5.36. The Hall–Kier alpha value is -3.67. The van der Waals surface area contributed by atoms with Crippen LogP contribution in [0.2, 0.25) is 10.0 Å². The highest BCUT2D eigenvalue weighted by Crippen LogP contribution is 2.34. The summed E-state index contributed by atoms with van der Waals surface area (Å²) in [5.74, 6) is 1.81. The van der Waals surface area contributed by atoms with Gasteiger partial charge in [0.2, 0.25) is 4.77 Å². The number of ether oxygens (including phenoxy) is 2. The van der Waals surface area contributed by atoms with Crippen molar-refractivity contribution in [1.82, 2.24) is 14.9 Å². The predicted molar refractivity (Wildman–Crippen MR) is 129 cm³/mol. The van der Waals surface area contributed by atoms with Gasteiger partial charge >= 0.3 is 0 Å². The van der Waals surface area contributed by atoms with Gasteiger partial charge in [-0.1, -0.05) is 23.2 Å². The molecule has 4 aromatic rings. The lowest BCUT2D eigenvalue weighted by molar-refractivity contribution is -0.384. The van der Waals surface area contributed by atoms with Crippen molar-refractivity contribution in [1.29, 1.82) is 0 Å². The molecule has 0 saturated heterocycles. The summed E-state index contributed by atoms with van der Waals surface area (Å²) in [7, 11) is 1.44. The van der Waals surface area contributed by atoms with Gasteiger partial charge in [0.25, 0.3) is 5.69 Å². The first kappa shape index (κ1) is 23.5. The van der Waals surface area contributed by atoms with Crippen molar-refractivity contribution in [3.8, 4) is 22.8 Å². The van der Waals surface area contributed by atoms with Gasteiger partial charge in [-0.2, -0.15) is 14.9 Å². The van der Waals surface area contributed by atoms with Crippen molar-refractivity contribution in [3.05, 3.63) is 85.0 Å². The Bertz CT molecular complexity index is 1450. The van der Waals surface area contributed by atoms with Crippen LogP contribution in [0.15, 0.2) is 58.0 Å². The Kier molecular flexibility index (Phi) is 6.96. The summed E-state index contributed by atoms with van der Waals surface area (Å²) in [4.78, 5) is 11.0. The molecule has 10 nitrogen and oxygen atoms in total. The van der Waals surface area contributed by atoms with E-state index in [1.165, 1.54) is 24.1 Å². The summed E-state index contributed by atoms with van der Waals surface area (Å²) in [5.41, 5.74) is 0.161. The minimum absolute atomic E-state index is 0.0211. The molecule has 2 aromatic carbocycles. The fourth-order valence-corrected chi connectivity index (χ4v) is 3.61. The Morgan fingerprint density at radius 2 is 2.09 bits per heavy atom. The lowest BCUT2D eigenvalue weighted by Gasteiger charge is -2.07. The molecule has 4 rings (SSSR count). The zero-order valence-corrected chi connectivity index (χ0v) is 19.7. The Morgan fingerprint density at radius 1 is 1.26 bits per heavy atom. The molecule has 0 fully saturated rings. The molecular weight excluding hydrogens is 505 g/mol. The van der Waals surface area contributed by atoms with Gasteiger partial charge in [-0.05, 0) is 54.7 Å². The Balaban J connectivity index is 1.54. The molecule has 0 radical (unpaired) electrons. The normalized spacial score (nSPS) is 11.1. The number of H-pyrrole nitrogens is 1. The van der Waals surface area contributed by atoms with Crippen LogP contribution >= 0.6 is 35.4 Å². The van der Waals surface area contributed by atoms with Gasteiger partial charge in [-0.15, -0.1) is 0 Å². The number of aromatic nitrogens is 3. The molecule has 0 aliphatic carbocycles. The molecule has 2 heterocycles. The first-order valence-electron chi connectivity index (χ1n) is 9.57. The van der Waals surface area contributed by atoms with Gasteiger partial charge in [0, 0.05) is 5.02 Å². The molecule has 0 amide bonds. The van der Waals surface area contributed by atoms with Crippen molar-refractivity contribution in [2.75, 3.05) is 7.11 Å². The zero-order chi connectivity index (χ0) is 24.2. The van der Waals surface area contributed by atoms with Crippen LogP contribution in [0.5, 0.6) is 11.5 Å². The number of hydrogen-bond donors (Lipinski definition) is 1. The summed E-state index contributed by atoms with van der Waals surface area (Å²) in [5, 5.41) is 23.3. The maximum atomic E-state index is 11.5. The third-order valence-electron chi connectivity index (χ3n) is 4.56. The first-order chi connectivity index (χ1) is 16.4.